The van der Waals surface area contributed by atoms with Gasteiger partial charge in [-0.1, -0.05) is 18.3 Å². The van der Waals surface area contributed by atoms with Crippen LogP contribution in [-0.4, -0.2) is 39.9 Å². The third kappa shape index (κ3) is 3.97. The topological polar surface area (TPSA) is 49.2 Å². The molecule has 2 atom stereocenters. The van der Waals surface area contributed by atoms with E-state index in [0.29, 0.717) is 22.2 Å². The molecule has 2 aromatic rings. The first kappa shape index (κ1) is 17.2. The lowest BCUT2D eigenvalue weighted by atomic mass is 10.3. The van der Waals surface area contributed by atoms with Crippen LogP contribution in [0.3, 0.4) is 0 Å². The van der Waals surface area contributed by atoms with Crippen molar-refractivity contribution in [1.29, 1.82) is 0 Å². The van der Waals surface area contributed by atoms with Crippen molar-refractivity contribution in [3.63, 3.8) is 0 Å². The normalized spacial score (nSPS) is 13.9. The minimum atomic E-state index is -0.569. The SMILES string of the molecule is CSC(C)CC(O)N(C)c1sc(-c2cncc(F)c2)nc1C. The summed E-state index contributed by atoms with van der Waals surface area (Å²) in [5.74, 6) is -0.380. The summed E-state index contributed by atoms with van der Waals surface area (Å²) in [6.07, 6.45) is 4.90. The second-order valence-corrected chi connectivity index (χ2v) is 7.43. The molecule has 22 heavy (non-hydrogen) atoms. The molecule has 0 aromatic carbocycles. The van der Waals surface area contributed by atoms with Gasteiger partial charge < -0.3 is 10.0 Å². The second-order valence-electron chi connectivity index (χ2n) is 5.17. The van der Waals surface area contributed by atoms with Crippen LogP contribution in [0.1, 0.15) is 19.0 Å². The molecule has 1 N–H and O–H groups in total. The monoisotopic (exact) mass is 341 g/mol. The van der Waals surface area contributed by atoms with Crippen molar-refractivity contribution in [2.24, 2.45) is 0 Å². The number of rotatable bonds is 6. The predicted molar refractivity (Wildman–Crippen MR) is 92.0 cm³/mol. The van der Waals surface area contributed by atoms with E-state index in [0.717, 1.165) is 10.7 Å². The zero-order valence-electron chi connectivity index (χ0n) is 13.1. The molecule has 0 fully saturated rings. The number of pyridine rings is 1. The predicted octanol–water partition coefficient (Wildman–Crippen LogP) is 3.55. The van der Waals surface area contributed by atoms with E-state index >= 15 is 0 Å². The number of hydrogen-bond acceptors (Lipinski definition) is 6. The van der Waals surface area contributed by atoms with Gasteiger partial charge >= 0.3 is 0 Å². The standard InChI is InChI=1S/C15H20FN3OS2/c1-9(21-4)5-13(20)19(3)15-10(2)18-14(22-15)11-6-12(16)8-17-7-11/h6-9,13,20H,5H2,1-4H3. The van der Waals surface area contributed by atoms with Gasteiger partial charge in [0, 0.05) is 30.5 Å². The van der Waals surface area contributed by atoms with Crippen LogP contribution in [0.2, 0.25) is 0 Å². The maximum absolute atomic E-state index is 13.3. The molecule has 0 saturated carbocycles. The van der Waals surface area contributed by atoms with Crippen molar-refractivity contribution in [2.45, 2.75) is 31.7 Å². The summed E-state index contributed by atoms with van der Waals surface area (Å²) < 4.78 is 13.3. The average Bonchev–Trinajstić information content (AvgIpc) is 2.88. The zero-order valence-corrected chi connectivity index (χ0v) is 14.7. The van der Waals surface area contributed by atoms with Gasteiger partial charge in [0.15, 0.2) is 0 Å². The highest BCUT2D eigenvalue weighted by Crippen LogP contribution is 2.35. The number of thiazole rings is 1. The maximum atomic E-state index is 13.3. The molecule has 2 unspecified atom stereocenters. The third-order valence-corrected chi connectivity index (χ3v) is 5.73. The Hall–Kier alpha value is -1.18. The number of nitrogens with zero attached hydrogens (tertiary/aromatic N) is 3. The molecule has 4 nitrogen and oxygen atoms in total. The molecule has 2 aromatic heterocycles. The number of hydrogen-bond donors (Lipinski definition) is 1. The Morgan fingerprint density at radius 1 is 1.45 bits per heavy atom. The fraction of sp³-hybridized carbons (Fsp3) is 0.467. The fourth-order valence-corrected chi connectivity index (χ4v) is 3.47. The summed E-state index contributed by atoms with van der Waals surface area (Å²) in [6.45, 7) is 3.98. The lowest BCUT2D eigenvalue weighted by Crippen LogP contribution is -2.33. The van der Waals surface area contributed by atoms with E-state index in [1.165, 1.54) is 23.6 Å². The zero-order chi connectivity index (χ0) is 16.3. The first-order valence-corrected chi connectivity index (χ1v) is 9.04. The van der Waals surface area contributed by atoms with Crippen molar-refractivity contribution < 1.29 is 9.50 Å². The Morgan fingerprint density at radius 2 is 2.18 bits per heavy atom. The van der Waals surface area contributed by atoms with Crippen molar-refractivity contribution in [3.8, 4) is 10.6 Å². The molecule has 0 saturated heterocycles. The van der Waals surface area contributed by atoms with Crippen LogP contribution in [0.4, 0.5) is 9.39 Å². The van der Waals surface area contributed by atoms with Gasteiger partial charge in [-0.2, -0.15) is 11.8 Å². The van der Waals surface area contributed by atoms with Crippen molar-refractivity contribution in [2.75, 3.05) is 18.2 Å². The maximum Gasteiger partial charge on any atom is 0.142 e. The van der Waals surface area contributed by atoms with Gasteiger partial charge in [0.1, 0.15) is 22.1 Å². The second kappa shape index (κ2) is 7.39. The minimum absolute atomic E-state index is 0.373. The number of aliphatic hydroxyl groups is 1. The number of aliphatic hydroxyl groups excluding tert-OH is 1. The van der Waals surface area contributed by atoms with E-state index in [4.69, 9.17) is 0 Å². The average molecular weight is 341 g/mol. The molecule has 0 spiro atoms. The number of aromatic nitrogens is 2. The highest BCUT2D eigenvalue weighted by molar-refractivity contribution is 7.99. The number of aryl methyl sites for hydroxylation is 1. The molecule has 0 bridgehead atoms. The molecule has 2 rings (SSSR count). The Kier molecular flexibility index (Phi) is 5.77. The number of anilines is 1. The molecule has 7 heteroatoms. The highest BCUT2D eigenvalue weighted by Gasteiger charge is 2.20. The Labute approximate surface area is 138 Å². The van der Waals surface area contributed by atoms with Crippen LogP contribution < -0.4 is 4.90 Å². The van der Waals surface area contributed by atoms with Gasteiger partial charge in [-0.15, -0.1) is 0 Å². The van der Waals surface area contributed by atoms with Crippen molar-refractivity contribution in [1.82, 2.24) is 9.97 Å². The molecule has 0 amide bonds. The third-order valence-electron chi connectivity index (χ3n) is 3.44. The van der Waals surface area contributed by atoms with Gasteiger partial charge in [0.05, 0.1) is 11.9 Å². The molecule has 0 aliphatic rings. The molecule has 120 valence electrons. The molecular formula is C15H20FN3OS2. The van der Waals surface area contributed by atoms with Crippen molar-refractivity contribution >= 4 is 28.1 Å². The Balaban J connectivity index is 2.22. The van der Waals surface area contributed by atoms with E-state index in [9.17, 15) is 9.50 Å². The van der Waals surface area contributed by atoms with Gasteiger partial charge in [-0.3, -0.25) is 4.98 Å². The van der Waals surface area contributed by atoms with E-state index < -0.39 is 6.23 Å². The van der Waals surface area contributed by atoms with E-state index in [1.807, 2.05) is 25.1 Å². The van der Waals surface area contributed by atoms with Gasteiger partial charge in [0.2, 0.25) is 0 Å². The fourth-order valence-electron chi connectivity index (χ4n) is 2.05. The summed E-state index contributed by atoms with van der Waals surface area (Å²) in [5.41, 5.74) is 1.47. The smallest absolute Gasteiger partial charge is 0.142 e. The van der Waals surface area contributed by atoms with Crippen LogP contribution in [0.15, 0.2) is 18.5 Å². The van der Waals surface area contributed by atoms with Crippen LogP contribution >= 0.6 is 23.1 Å². The largest absolute Gasteiger partial charge is 0.374 e. The van der Waals surface area contributed by atoms with Crippen molar-refractivity contribution in [3.05, 3.63) is 30.0 Å². The summed E-state index contributed by atoms with van der Waals surface area (Å²) in [5, 5.41) is 12.3. The molecule has 0 radical (unpaired) electrons. The van der Waals surface area contributed by atoms with Crippen LogP contribution in [-0.2, 0) is 0 Å². The number of thioether (sulfide) groups is 1. The minimum Gasteiger partial charge on any atom is -0.374 e. The molecular weight excluding hydrogens is 321 g/mol. The van der Waals surface area contributed by atoms with Gasteiger partial charge in [0.25, 0.3) is 0 Å². The lowest BCUT2D eigenvalue weighted by molar-refractivity contribution is 0.166. The molecule has 2 heterocycles. The van der Waals surface area contributed by atoms with Crippen LogP contribution in [0.25, 0.3) is 10.6 Å². The van der Waals surface area contributed by atoms with Gasteiger partial charge in [-0.25, -0.2) is 9.37 Å². The summed E-state index contributed by atoms with van der Waals surface area (Å²) in [6, 6.07) is 1.42. The Bertz CT molecular complexity index is 635. The quantitative estimate of drug-likeness (QED) is 0.814. The van der Waals surface area contributed by atoms with Gasteiger partial charge in [-0.05, 0) is 19.2 Å². The first-order valence-electron chi connectivity index (χ1n) is 6.94. The Morgan fingerprint density at radius 3 is 2.82 bits per heavy atom. The summed E-state index contributed by atoms with van der Waals surface area (Å²) in [7, 11) is 1.85. The van der Waals surface area contributed by atoms with E-state index in [-0.39, 0.29) is 5.82 Å². The lowest BCUT2D eigenvalue weighted by Gasteiger charge is -2.26. The van der Waals surface area contributed by atoms with Crippen LogP contribution in [0.5, 0.6) is 0 Å². The van der Waals surface area contributed by atoms with E-state index in [2.05, 4.69) is 16.9 Å². The summed E-state index contributed by atoms with van der Waals surface area (Å²) in [4.78, 5) is 10.2. The molecule has 0 aliphatic carbocycles. The van der Waals surface area contributed by atoms with Crippen LogP contribution in [0, 0.1) is 12.7 Å². The first-order chi connectivity index (χ1) is 10.4. The highest BCUT2D eigenvalue weighted by atomic mass is 32.2. The van der Waals surface area contributed by atoms with E-state index in [1.54, 1.807) is 18.0 Å². The summed E-state index contributed by atoms with van der Waals surface area (Å²) >= 11 is 3.16. The number of halogens is 1. The molecule has 0 aliphatic heterocycles.